The number of hydrogen-bond donors (Lipinski definition) is 2. The highest BCUT2D eigenvalue weighted by Crippen LogP contribution is 2.11. The fourth-order valence-electron chi connectivity index (χ4n) is 2.25. The Morgan fingerprint density at radius 3 is 2.12 bits per heavy atom. The molecule has 5 nitrogen and oxygen atoms in total. The van der Waals surface area contributed by atoms with E-state index < -0.39 is 0 Å². The third-order valence-corrected chi connectivity index (χ3v) is 3.41. The Kier molecular flexibility index (Phi) is 8.64. The van der Waals surface area contributed by atoms with Crippen molar-refractivity contribution in [3.05, 3.63) is 53.1 Å². The molecule has 25 heavy (non-hydrogen) atoms. The van der Waals surface area contributed by atoms with Crippen LogP contribution in [-0.4, -0.2) is 41.5 Å². The van der Waals surface area contributed by atoms with Gasteiger partial charge in [0.1, 0.15) is 0 Å². The molecule has 0 aromatic heterocycles. The summed E-state index contributed by atoms with van der Waals surface area (Å²) in [5.74, 6) is -0.228. The van der Waals surface area contributed by atoms with E-state index in [1.54, 1.807) is 17.1 Å². The Labute approximate surface area is 150 Å². The minimum Gasteiger partial charge on any atom is -0.395 e. The van der Waals surface area contributed by atoms with Gasteiger partial charge in [0.05, 0.1) is 6.61 Å². The van der Waals surface area contributed by atoms with Gasteiger partial charge in [0.2, 0.25) is 11.8 Å². The van der Waals surface area contributed by atoms with E-state index in [1.165, 1.54) is 0 Å². The van der Waals surface area contributed by atoms with Crippen molar-refractivity contribution in [2.45, 2.75) is 34.1 Å². The van der Waals surface area contributed by atoms with Gasteiger partial charge in [0.25, 0.3) is 0 Å². The van der Waals surface area contributed by atoms with Crippen LogP contribution in [0.15, 0.2) is 47.6 Å². The van der Waals surface area contributed by atoms with Crippen molar-refractivity contribution in [1.29, 1.82) is 0 Å². The van der Waals surface area contributed by atoms with E-state index >= 15 is 0 Å². The van der Waals surface area contributed by atoms with Crippen molar-refractivity contribution in [2.24, 2.45) is 0 Å². The third kappa shape index (κ3) is 8.31. The minimum absolute atomic E-state index is 0.0579. The van der Waals surface area contributed by atoms with E-state index in [1.807, 2.05) is 52.0 Å². The standard InChI is InChI=1S/C20H28N2O3/c1-15(2)13-19(24)21-18-7-5-17(6-8-18)9-10-22(11-12-23)20(25)14-16(3)4/h5-8,13-14,23H,9-12H2,1-4H3,(H,21,24). The Morgan fingerprint density at radius 2 is 1.60 bits per heavy atom. The van der Waals surface area contributed by atoms with Gasteiger partial charge < -0.3 is 15.3 Å². The zero-order valence-electron chi connectivity index (χ0n) is 15.5. The van der Waals surface area contributed by atoms with Crippen molar-refractivity contribution in [2.75, 3.05) is 25.0 Å². The zero-order chi connectivity index (χ0) is 18.8. The van der Waals surface area contributed by atoms with E-state index in [2.05, 4.69) is 5.32 Å². The molecule has 1 aromatic rings. The molecular weight excluding hydrogens is 316 g/mol. The molecule has 0 saturated heterocycles. The lowest BCUT2D eigenvalue weighted by atomic mass is 10.1. The first kappa shape index (κ1) is 20.6. The second kappa shape index (κ2) is 10.5. The number of hydrogen-bond acceptors (Lipinski definition) is 3. The number of carbonyl (C=O) groups excluding carboxylic acids is 2. The van der Waals surface area contributed by atoms with Crippen molar-refractivity contribution >= 4 is 17.5 Å². The lowest BCUT2D eigenvalue weighted by Gasteiger charge is -2.20. The van der Waals surface area contributed by atoms with Crippen molar-refractivity contribution < 1.29 is 14.7 Å². The number of amides is 2. The quantitative estimate of drug-likeness (QED) is 0.713. The Bertz CT molecular complexity index is 637. The normalized spacial score (nSPS) is 9.96. The molecule has 2 amide bonds. The first-order valence-electron chi connectivity index (χ1n) is 8.41. The Balaban J connectivity index is 2.64. The van der Waals surface area contributed by atoms with Gasteiger partial charge >= 0.3 is 0 Å². The lowest BCUT2D eigenvalue weighted by molar-refractivity contribution is -0.126. The molecule has 0 spiro atoms. The molecule has 0 radical (unpaired) electrons. The predicted molar refractivity (Wildman–Crippen MR) is 101 cm³/mol. The second-order valence-electron chi connectivity index (χ2n) is 6.43. The van der Waals surface area contributed by atoms with E-state index in [-0.39, 0.29) is 18.4 Å². The molecule has 0 aliphatic carbocycles. The van der Waals surface area contributed by atoms with Crippen molar-refractivity contribution in [3.63, 3.8) is 0 Å². The van der Waals surface area contributed by atoms with Crippen LogP contribution >= 0.6 is 0 Å². The van der Waals surface area contributed by atoms with Crippen LogP contribution in [0.5, 0.6) is 0 Å². The highest BCUT2D eigenvalue weighted by atomic mass is 16.3. The maximum atomic E-state index is 12.1. The molecule has 1 rings (SSSR count). The SMILES string of the molecule is CC(C)=CC(=O)Nc1ccc(CCN(CCO)C(=O)C=C(C)C)cc1. The molecule has 0 fully saturated rings. The number of nitrogens with one attached hydrogen (secondary N) is 1. The summed E-state index contributed by atoms with van der Waals surface area (Å²) in [6.07, 6.45) is 3.82. The first-order chi connectivity index (χ1) is 11.8. The molecule has 0 aliphatic heterocycles. The van der Waals surface area contributed by atoms with Gasteiger partial charge in [-0.3, -0.25) is 9.59 Å². The predicted octanol–water partition coefficient (Wildman–Crippen LogP) is 2.92. The van der Waals surface area contributed by atoms with Crippen LogP contribution in [-0.2, 0) is 16.0 Å². The van der Waals surface area contributed by atoms with Gasteiger partial charge in [0, 0.05) is 30.9 Å². The summed E-state index contributed by atoms with van der Waals surface area (Å²) in [7, 11) is 0. The molecule has 0 saturated carbocycles. The summed E-state index contributed by atoms with van der Waals surface area (Å²) in [6.45, 7) is 8.28. The van der Waals surface area contributed by atoms with Gasteiger partial charge in [0.15, 0.2) is 0 Å². The number of carbonyl (C=O) groups is 2. The minimum atomic E-state index is -0.144. The van der Waals surface area contributed by atoms with Crippen LogP contribution in [0.2, 0.25) is 0 Å². The van der Waals surface area contributed by atoms with E-state index in [9.17, 15) is 9.59 Å². The molecule has 5 heteroatoms. The van der Waals surface area contributed by atoms with Crippen LogP contribution in [0.1, 0.15) is 33.3 Å². The molecular formula is C20H28N2O3. The number of aliphatic hydroxyl groups is 1. The average Bonchev–Trinajstić information content (AvgIpc) is 2.51. The maximum absolute atomic E-state index is 12.1. The van der Waals surface area contributed by atoms with Gasteiger partial charge in [-0.25, -0.2) is 0 Å². The van der Waals surface area contributed by atoms with E-state index in [0.717, 1.165) is 22.4 Å². The average molecular weight is 344 g/mol. The smallest absolute Gasteiger partial charge is 0.248 e. The molecule has 1 aromatic carbocycles. The van der Waals surface area contributed by atoms with Crippen LogP contribution in [0.3, 0.4) is 0 Å². The molecule has 0 heterocycles. The number of anilines is 1. The summed E-state index contributed by atoms with van der Waals surface area (Å²) in [4.78, 5) is 25.4. The number of benzene rings is 1. The van der Waals surface area contributed by atoms with Crippen molar-refractivity contribution in [3.8, 4) is 0 Å². The zero-order valence-corrected chi connectivity index (χ0v) is 15.5. The summed E-state index contributed by atoms with van der Waals surface area (Å²) >= 11 is 0. The monoisotopic (exact) mass is 344 g/mol. The summed E-state index contributed by atoms with van der Waals surface area (Å²) < 4.78 is 0. The summed E-state index contributed by atoms with van der Waals surface area (Å²) in [5.41, 5.74) is 3.68. The molecule has 136 valence electrons. The first-order valence-corrected chi connectivity index (χ1v) is 8.41. The molecule has 2 N–H and O–H groups in total. The molecule has 0 atom stereocenters. The topological polar surface area (TPSA) is 69.6 Å². The molecule has 0 aliphatic rings. The van der Waals surface area contributed by atoms with Gasteiger partial charge in [-0.2, -0.15) is 0 Å². The van der Waals surface area contributed by atoms with Gasteiger partial charge in [-0.1, -0.05) is 23.3 Å². The fraction of sp³-hybridized carbons (Fsp3) is 0.400. The highest BCUT2D eigenvalue weighted by Gasteiger charge is 2.10. The van der Waals surface area contributed by atoms with E-state index in [4.69, 9.17) is 5.11 Å². The second-order valence-corrected chi connectivity index (χ2v) is 6.43. The van der Waals surface area contributed by atoms with Crippen LogP contribution in [0.25, 0.3) is 0 Å². The van der Waals surface area contributed by atoms with Crippen LogP contribution in [0.4, 0.5) is 5.69 Å². The van der Waals surface area contributed by atoms with Gasteiger partial charge in [-0.05, 0) is 51.8 Å². The summed E-state index contributed by atoms with van der Waals surface area (Å²) in [5, 5.41) is 11.9. The number of aliphatic hydroxyl groups excluding tert-OH is 1. The fourth-order valence-corrected chi connectivity index (χ4v) is 2.25. The molecule has 0 bridgehead atoms. The summed E-state index contributed by atoms with van der Waals surface area (Å²) in [6, 6.07) is 7.56. The maximum Gasteiger partial charge on any atom is 0.248 e. The Hall–Kier alpha value is -2.40. The van der Waals surface area contributed by atoms with Crippen LogP contribution in [0, 0.1) is 0 Å². The lowest BCUT2D eigenvalue weighted by Crippen LogP contribution is -2.34. The number of allylic oxidation sites excluding steroid dienone is 2. The van der Waals surface area contributed by atoms with E-state index in [0.29, 0.717) is 19.5 Å². The number of nitrogens with zero attached hydrogens (tertiary/aromatic N) is 1. The van der Waals surface area contributed by atoms with Gasteiger partial charge in [-0.15, -0.1) is 0 Å². The van der Waals surface area contributed by atoms with Crippen LogP contribution < -0.4 is 5.32 Å². The Morgan fingerprint density at radius 1 is 1.00 bits per heavy atom. The van der Waals surface area contributed by atoms with Crippen molar-refractivity contribution in [1.82, 2.24) is 4.90 Å². The molecule has 0 unspecified atom stereocenters. The largest absolute Gasteiger partial charge is 0.395 e. The highest BCUT2D eigenvalue weighted by molar-refractivity contribution is 5.99. The third-order valence-electron chi connectivity index (χ3n) is 3.41. The number of rotatable bonds is 8.